The topological polar surface area (TPSA) is 31.0 Å². The van der Waals surface area contributed by atoms with E-state index in [-0.39, 0.29) is 0 Å². The number of para-hydroxylation sites is 2. The molecule has 3 aromatic rings. The van der Waals surface area contributed by atoms with Crippen molar-refractivity contribution in [3.05, 3.63) is 54.2 Å². The summed E-state index contributed by atoms with van der Waals surface area (Å²) in [6.45, 7) is 4.33. The molecule has 0 saturated carbocycles. The zero-order chi connectivity index (χ0) is 13.2. The maximum atomic E-state index is 5.31. The third-order valence-electron chi connectivity index (χ3n) is 3.08. The second-order valence-corrected chi connectivity index (χ2v) is 4.77. The van der Waals surface area contributed by atoms with Crippen LogP contribution in [-0.4, -0.2) is 9.55 Å². The van der Waals surface area contributed by atoms with Crippen LogP contribution in [0.3, 0.4) is 0 Å². The number of hydrogen-bond donors (Lipinski definition) is 0. The lowest BCUT2D eigenvalue weighted by atomic mass is 10.3. The average molecular weight is 252 g/mol. The van der Waals surface area contributed by atoms with Gasteiger partial charge in [-0.3, -0.25) is 0 Å². The van der Waals surface area contributed by atoms with Crippen LogP contribution in [0.25, 0.3) is 23.2 Å². The molecule has 0 aliphatic heterocycles. The highest BCUT2D eigenvalue weighted by Crippen LogP contribution is 2.22. The molecule has 0 aliphatic carbocycles. The molecule has 0 spiro atoms. The molecule has 0 bridgehead atoms. The maximum absolute atomic E-state index is 5.31. The van der Waals surface area contributed by atoms with Crippen molar-refractivity contribution < 1.29 is 4.42 Å². The van der Waals surface area contributed by atoms with Crippen molar-refractivity contribution >= 4 is 23.2 Å². The minimum absolute atomic E-state index is 0.364. The Morgan fingerprint density at radius 1 is 1.11 bits per heavy atom. The third kappa shape index (κ3) is 2.19. The molecule has 3 heteroatoms. The second kappa shape index (κ2) is 4.76. The minimum Gasteiger partial charge on any atom is -0.465 e. The Morgan fingerprint density at radius 3 is 2.68 bits per heavy atom. The fourth-order valence-corrected chi connectivity index (χ4v) is 2.27. The molecule has 19 heavy (non-hydrogen) atoms. The zero-order valence-corrected chi connectivity index (χ0v) is 11.1. The van der Waals surface area contributed by atoms with E-state index < -0.39 is 0 Å². The van der Waals surface area contributed by atoms with Gasteiger partial charge in [0.15, 0.2) is 0 Å². The Hall–Kier alpha value is -2.29. The SMILES string of the molecule is CC(C)n1c(C=Cc2ccco2)nc2ccccc21. The van der Waals surface area contributed by atoms with E-state index in [2.05, 4.69) is 29.5 Å². The highest BCUT2D eigenvalue weighted by Gasteiger charge is 2.10. The van der Waals surface area contributed by atoms with Crippen LogP contribution >= 0.6 is 0 Å². The molecule has 96 valence electrons. The first-order chi connectivity index (χ1) is 9.25. The zero-order valence-electron chi connectivity index (χ0n) is 11.1. The van der Waals surface area contributed by atoms with Gasteiger partial charge in [-0.15, -0.1) is 0 Å². The first-order valence-electron chi connectivity index (χ1n) is 6.44. The molecule has 2 aromatic heterocycles. The molecule has 2 heterocycles. The summed E-state index contributed by atoms with van der Waals surface area (Å²) < 4.78 is 7.54. The van der Waals surface area contributed by atoms with Crippen LogP contribution < -0.4 is 0 Å². The largest absolute Gasteiger partial charge is 0.465 e. The van der Waals surface area contributed by atoms with Gasteiger partial charge < -0.3 is 8.98 Å². The van der Waals surface area contributed by atoms with E-state index in [4.69, 9.17) is 4.42 Å². The smallest absolute Gasteiger partial charge is 0.134 e. The number of benzene rings is 1. The molecule has 3 nitrogen and oxygen atoms in total. The Kier molecular flexibility index (Phi) is 2.95. The van der Waals surface area contributed by atoms with Crippen LogP contribution in [0.1, 0.15) is 31.5 Å². The van der Waals surface area contributed by atoms with E-state index in [1.165, 1.54) is 0 Å². The number of nitrogens with zero attached hydrogens (tertiary/aromatic N) is 2. The van der Waals surface area contributed by atoms with Gasteiger partial charge in [0.1, 0.15) is 11.6 Å². The van der Waals surface area contributed by atoms with Crippen molar-refractivity contribution in [2.75, 3.05) is 0 Å². The molecule has 0 aliphatic rings. The van der Waals surface area contributed by atoms with Crippen molar-refractivity contribution in [2.45, 2.75) is 19.9 Å². The fraction of sp³-hybridized carbons (Fsp3) is 0.188. The molecule has 3 rings (SSSR count). The fourth-order valence-electron chi connectivity index (χ4n) is 2.27. The highest BCUT2D eigenvalue weighted by molar-refractivity contribution is 5.79. The summed E-state index contributed by atoms with van der Waals surface area (Å²) in [7, 11) is 0. The van der Waals surface area contributed by atoms with E-state index >= 15 is 0 Å². The number of fused-ring (bicyclic) bond motifs is 1. The molecule has 0 saturated heterocycles. The summed E-state index contributed by atoms with van der Waals surface area (Å²) in [6, 6.07) is 12.4. The van der Waals surface area contributed by atoms with Crippen LogP contribution in [0.5, 0.6) is 0 Å². The molecular formula is C16H16N2O. The number of furan rings is 1. The molecule has 0 N–H and O–H groups in total. The molecular weight excluding hydrogens is 236 g/mol. The summed E-state index contributed by atoms with van der Waals surface area (Å²) in [5.41, 5.74) is 2.19. The van der Waals surface area contributed by atoms with Crippen molar-refractivity contribution in [1.29, 1.82) is 0 Å². The number of hydrogen-bond acceptors (Lipinski definition) is 2. The molecule has 0 radical (unpaired) electrons. The first kappa shape index (κ1) is 11.8. The minimum atomic E-state index is 0.364. The lowest BCUT2D eigenvalue weighted by Crippen LogP contribution is -2.02. The van der Waals surface area contributed by atoms with E-state index in [0.717, 1.165) is 22.6 Å². The Labute approximate surface area is 112 Å². The van der Waals surface area contributed by atoms with Gasteiger partial charge >= 0.3 is 0 Å². The van der Waals surface area contributed by atoms with Gasteiger partial charge in [0.05, 0.1) is 17.3 Å². The van der Waals surface area contributed by atoms with Gasteiger partial charge in [0.2, 0.25) is 0 Å². The van der Waals surface area contributed by atoms with Gasteiger partial charge in [-0.1, -0.05) is 12.1 Å². The summed E-state index contributed by atoms with van der Waals surface area (Å²) in [5.74, 6) is 1.79. The van der Waals surface area contributed by atoms with E-state index in [1.807, 2.05) is 42.5 Å². The Morgan fingerprint density at radius 2 is 1.95 bits per heavy atom. The molecule has 0 unspecified atom stereocenters. The summed E-state index contributed by atoms with van der Waals surface area (Å²) >= 11 is 0. The van der Waals surface area contributed by atoms with Gasteiger partial charge in [0, 0.05) is 6.04 Å². The average Bonchev–Trinajstić information content (AvgIpc) is 3.03. The molecule has 0 atom stereocenters. The standard InChI is InChI=1S/C16H16N2O/c1-12(2)18-15-8-4-3-7-14(15)17-16(18)10-9-13-6-5-11-19-13/h3-12H,1-2H3. The van der Waals surface area contributed by atoms with Crippen molar-refractivity contribution in [3.8, 4) is 0 Å². The monoisotopic (exact) mass is 252 g/mol. The van der Waals surface area contributed by atoms with Crippen LogP contribution in [-0.2, 0) is 0 Å². The normalized spacial score (nSPS) is 11.9. The number of rotatable bonds is 3. The lowest BCUT2D eigenvalue weighted by molar-refractivity contribution is 0.557. The van der Waals surface area contributed by atoms with Crippen molar-refractivity contribution in [3.63, 3.8) is 0 Å². The van der Waals surface area contributed by atoms with E-state index in [1.54, 1.807) is 6.26 Å². The van der Waals surface area contributed by atoms with E-state index in [9.17, 15) is 0 Å². The predicted molar refractivity (Wildman–Crippen MR) is 77.8 cm³/mol. The first-order valence-corrected chi connectivity index (χ1v) is 6.44. The maximum Gasteiger partial charge on any atom is 0.134 e. The van der Waals surface area contributed by atoms with Gasteiger partial charge in [0.25, 0.3) is 0 Å². The molecule has 0 amide bonds. The van der Waals surface area contributed by atoms with E-state index in [0.29, 0.717) is 6.04 Å². The Bertz CT molecular complexity index is 706. The molecule has 1 aromatic carbocycles. The van der Waals surface area contributed by atoms with Gasteiger partial charge in [-0.05, 0) is 50.3 Å². The summed E-state index contributed by atoms with van der Waals surface area (Å²) in [4.78, 5) is 4.67. The van der Waals surface area contributed by atoms with Crippen molar-refractivity contribution in [1.82, 2.24) is 9.55 Å². The number of imidazole rings is 1. The van der Waals surface area contributed by atoms with Crippen molar-refractivity contribution in [2.24, 2.45) is 0 Å². The van der Waals surface area contributed by atoms with Gasteiger partial charge in [-0.2, -0.15) is 0 Å². The third-order valence-corrected chi connectivity index (χ3v) is 3.08. The van der Waals surface area contributed by atoms with Crippen LogP contribution in [0, 0.1) is 0 Å². The van der Waals surface area contributed by atoms with Crippen LogP contribution in [0.2, 0.25) is 0 Å². The number of aromatic nitrogens is 2. The van der Waals surface area contributed by atoms with Crippen LogP contribution in [0.15, 0.2) is 47.1 Å². The highest BCUT2D eigenvalue weighted by atomic mass is 16.3. The molecule has 0 fully saturated rings. The lowest BCUT2D eigenvalue weighted by Gasteiger charge is -2.10. The second-order valence-electron chi connectivity index (χ2n) is 4.77. The van der Waals surface area contributed by atoms with Crippen LogP contribution in [0.4, 0.5) is 0 Å². The summed E-state index contributed by atoms with van der Waals surface area (Å²) in [5, 5.41) is 0. The quantitative estimate of drug-likeness (QED) is 0.692. The Balaban J connectivity index is 2.10. The predicted octanol–water partition coefficient (Wildman–Crippen LogP) is 4.38. The summed E-state index contributed by atoms with van der Waals surface area (Å²) in [6.07, 6.45) is 5.62. The van der Waals surface area contributed by atoms with Gasteiger partial charge in [-0.25, -0.2) is 4.98 Å².